The lowest BCUT2D eigenvalue weighted by molar-refractivity contribution is -0.870. The van der Waals surface area contributed by atoms with Crippen molar-refractivity contribution in [2.45, 2.75) is 136 Å². The van der Waals surface area contributed by atoms with Crippen LogP contribution in [0, 0.1) is 0 Å². The smallest absolute Gasteiger partial charge is 0.457 e. The third kappa shape index (κ3) is 28.8. The number of hydrogen-bond donors (Lipinski definition) is 1. The third-order valence-corrected chi connectivity index (χ3v) is 7.65. The summed E-state index contributed by atoms with van der Waals surface area (Å²) in [5.41, 5.74) is 0. The molecule has 0 radical (unpaired) electrons. The molecular weight excluding hydrogens is 517 g/mol. The Labute approximate surface area is 240 Å². The zero-order valence-electron chi connectivity index (χ0n) is 26.1. The van der Waals surface area contributed by atoms with Crippen LogP contribution < -0.4 is 0 Å². The van der Waals surface area contributed by atoms with E-state index in [1.807, 2.05) is 21.1 Å². The van der Waals surface area contributed by atoms with Gasteiger partial charge >= 0.3 is 13.8 Å². The highest BCUT2D eigenvalue weighted by molar-refractivity contribution is 7.47. The molecule has 0 amide bonds. The minimum Gasteiger partial charge on any atom is -0.457 e. The quantitative estimate of drug-likeness (QED) is 0.0417. The van der Waals surface area contributed by atoms with Crippen molar-refractivity contribution < 1.29 is 37.3 Å². The molecule has 0 bridgehead atoms. The number of phosphoric ester groups is 1. The maximum absolute atomic E-state index is 12.5. The van der Waals surface area contributed by atoms with Crippen LogP contribution in [-0.2, 0) is 27.9 Å². The first-order valence-electron chi connectivity index (χ1n) is 15.8. The molecule has 8 nitrogen and oxygen atoms in total. The van der Waals surface area contributed by atoms with E-state index in [0.717, 1.165) is 32.1 Å². The molecule has 0 aromatic heterocycles. The number of unbranched alkanes of at least 4 members (excludes halogenated alkanes) is 15. The summed E-state index contributed by atoms with van der Waals surface area (Å²) >= 11 is 0. The Bertz CT molecular complexity index is 613. The Kier molecular flexibility index (Phi) is 24.9. The SMILES string of the molecule is CCCCCCCCCCCCC(=O)OC(COCCCCCCCCC)COP(=O)(O)OCC[N+](C)(C)C. The molecule has 0 aliphatic heterocycles. The topological polar surface area (TPSA) is 91.3 Å². The fraction of sp³-hybridized carbons (Fsp3) is 0.967. The fourth-order valence-corrected chi connectivity index (χ4v) is 4.88. The number of carbonyl (C=O) groups excluding carboxylic acids is 1. The summed E-state index contributed by atoms with van der Waals surface area (Å²) in [6.45, 7) is 5.57. The van der Waals surface area contributed by atoms with E-state index in [0.29, 0.717) is 24.1 Å². The Morgan fingerprint density at radius 1 is 0.692 bits per heavy atom. The highest BCUT2D eigenvalue weighted by Crippen LogP contribution is 2.43. The maximum atomic E-state index is 12.5. The van der Waals surface area contributed by atoms with E-state index in [4.69, 9.17) is 18.5 Å². The third-order valence-electron chi connectivity index (χ3n) is 6.67. The van der Waals surface area contributed by atoms with Gasteiger partial charge in [-0.2, -0.15) is 0 Å². The monoisotopic (exact) mass is 580 g/mol. The number of likely N-dealkylation sites (N-methyl/N-ethyl adjacent to an activating group) is 1. The first-order valence-corrected chi connectivity index (χ1v) is 17.3. The molecule has 2 atom stereocenters. The number of hydrogen-bond acceptors (Lipinski definition) is 6. The summed E-state index contributed by atoms with van der Waals surface area (Å²) in [6.07, 6.45) is 19.9. The van der Waals surface area contributed by atoms with Gasteiger partial charge in [-0.3, -0.25) is 13.8 Å². The molecule has 0 saturated heterocycles. The second-order valence-electron chi connectivity index (χ2n) is 11.9. The summed E-state index contributed by atoms with van der Waals surface area (Å²) < 4.78 is 34.5. The lowest BCUT2D eigenvalue weighted by Crippen LogP contribution is -2.37. The lowest BCUT2D eigenvalue weighted by atomic mass is 10.1. The van der Waals surface area contributed by atoms with Gasteiger partial charge in [0, 0.05) is 13.0 Å². The number of ether oxygens (including phenoxy) is 2. The molecule has 0 fully saturated rings. The minimum atomic E-state index is -4.24. The minimum absolute atomic E-state index is 0.0925. The standard InChI is InChI=1S/C30H62NO7P/c1-6-8-10-12-14-15-16-17-19-21-23-30(32)38-29(27-35-25-22-20-18-13-11-9-7-2)28-37-39(33,34)36-26-24-31(3,4)5/h29H,6-28H2,1-5H3/p+1. The zero-order chi connectivity index (χ0) is 29.2. The largest absolute Gasteiger partial charge is 0.472 e. The Hall–Kier alpha value is -0.500. The molecule has 0 spiro atoms. The van der Waals surface area contributed by atoms with Crippen LogP contribution in [0.25, 0.3) is 0 Å². The number of quaternary nitrogens is 1. The van der Waals surface area contributed by atoms with Crippen molar-refractivity contribution in [1.82, 2.24) is 0 Å². The van der Waals surface area contributed by atoms with Gasteiger partial charge < -0.3 is 18.9 Å². The Balaban J connectivity index is 4.36. The van der Waals surface area contributed by atoms with Crippen molar-refractivity contribution in [2.24, 2.45) is 0 Å². The van der Waals surface area contributed by atoms with Crippen LogP contribution in [0.1, 0.15) is 129 Å². The van der Waals surface area contributed by atoms with E-state index in [2.05, 4.69) is 13.8 Å². The molecular formula is C30H63NO7P+. The van der Waals surface area contributed by atoms with Crippen molar-refractivity contribution in [3.8, 4) is 0 Å². The predicted molar refractivity (Wildman–Crippen MR) is 160 cm³/mol. The van der Waals surface area contributed by atoms with Crippen LogP contribution >= 0.6 is 7.82 Å². The van der Waals surface area contributed by atoms with E-state index in [1.54, 1.807) is 0 Å². The van der Waals surface area contributed by atoms with Crippen molar-refractivity contribution in [3.63, 3.8) is 0 Å². The van der Waals surface area contributed by atoms with Crippen LogP contribution in [0.3, 0.4) is 0 Å². The lowest BCUT2D eigenvalue weighted by Gasteiger charge is -2.24. The maximum Gasteiger partial charge on any atom is 0.472 e. The van der Waals surface area contributed by atoms with Gasteiger partial charge in [0.05, 0.1) is 34.4 Å². The molecule has 0 aromatic rings. The number of carbonyl (C=O) groups is 1. The van der Waals surface area contributed by atoms with E-state index >= 15 is 0 Å². The fourth-order valence-electron chi connectivity index (χ4n) is 4.14. The van der Waals surface area contributed by atoms with Gasteiger partial charge in [-0.25, -0.2) is 4.57 Å². The van der Waals surface area contributed by atoms with Crippen LogP contribution in [0.15, 0.2) is 0 Å². The normalized spacial score (nSPS) is 14.3. The Morgan fingerprint density at radius 2 is 1.18 bits per heavy atom. The summed E-state index contributed by atoms with van der Waals surface area (Å²) in [4.78, 5) is 22.5. The zero-order valence-corrected chi connectivity index (χ0v) is 27.0. The molecule has 0 rings (SSSR count). The molecule has 0 aliphatic carbocycles. The van der Waals surface area contributed by atoms with Gasteiger partial charge in [-0.1, -0.05) is 110 Å². The number of nitrogens with zero attached hydrogens (tertiary/aromatic N) is 1. The summed E-state index contributed by atoms with van der Waals surface area (Å²) in [5.74, 6) is -0.318. The molecule has 9 heteroatoms. The van der Waals surface area contributed by atoms with Gasteiger partial charge in [0.2, 0.25) is 0 Å². The van der Waals surface area contributed by atoms with Gasteiger partial charge in [0.25, 0.3) is 0 Å². The molecule has 234 valence electrons. The average molecular weight is 581 g/mol. The first-order chi connectivity index (χ1) is 18.6. The highest BCUT2D eigenvalue weighted by atomic mass is 31.2. The molecule has 2 unspecified atom stereocenters. The van der Waals surface area contributed by atoms with Gasteiger partial charge in [0.15, 0.2) is 0 Å². The molecule has 0 heterocycles. The van der Waals surface area contributed by atoms with Crippen molar-refractivity contribution in [3.05, 3.63) is 0 Å². The first kappa shape index (κ1) is 38.5. The molecule has 0 aromatic carbocycles. The van der Waals surface area contributed by atoms with Crippen LogP contribution in [-0.4, -0.2) is 75.6 Å². The second-order valence-corrected chi connectivity index (χ2v) is 13.3. The Morgan fingerprint density at radius 3 is 1.69 bits per heavy atom. The van der Waals surface area contributed by atoms with Gasteiger partial charge in [-0.05, 0) is 12.8 Å². The van der Waals surface area contributed by atoms with Gasteiger partial charge in [0.1, 0.15) is 19.3 Å². The van der Waals surface area contributed by atoms with Crippen molar-refractivity contribution in [2.75, 3.05) is 54.1 Å². The molecule has 0 saturated carbocycles. The highest BCUT2D eigenvalue weighted by Gasteiger charge is 2.26. The number of rotatable bonds is 29. The molecule has 39 heavy (non-hydrogen) atoms. The number of esters is 1. The second kappa shape index (κ2) is 25.2. The molecule has 0 aliphatic rings. The predicted octanol–water partition coefficient (Wildman–Crippen LogP) is 7.82. The summed E-state index contributed by atoms with van der Waals surface area (Å²) in [7, 11) is 1.67. The van der Waals surface area contributed by atoms with E-state index in [1.165, 1.54) is 77.0 Å². The number of phosphoric acid groups is 1. The van der Waals surface area contributed by atoms with E-state index in [9.17, 15) is 14.3 Å². The van der Waals surface area contributed by atoms with Crippen LogP contribution in [0.2, 0.25) is 0 Å². The summed E-state index contributed by atoms with van der Waals surface area (Å²) in [5, 5.41) is 0. The average Bonchev–Trinajstić information content (AvgIpc) is 2.86. The van der Waals surface area contributed by atoms with Crippen molar-refractivity contribution in [1.29, 1.82) is 0 Å². The van der Waals surface area contributed by atoms with E-state index in [-0.39, 0.29) is 25.8 Å². The summed E-state index contributed by atoms with van der Waals surface area (Å²) in [6, 6.07) is 0. The van der Waals surface area contributed by atoms with E-state index < -0.39 is 13.9 Å². The molecule has 1 N–H and O–H groups in total. The van der Waals surface area contributed by atoms with Crippen LogP contribution in [0.4, 0.5) is 0 Å². The van der Waals surface area contributed by atoms with Crippen LogP contribution in [0.5, 0.6) is 0 Å². The van der Waals surface area contributed by atoms with Gasteiger partial charge in [-0.15, -0.1) is 0 Å². The van der Waals surface area contributed by atoms with Crippen molar-refractivity contribution >= 4 is 13.8 Å².